The molecule has 0 aliphatic rings. The summed E-state index contributed by atoms with van der Waals surface area (Å²) in [5.74, 6) is -0.646. The summed E-state index contributed by atoms with van der Waals surface area (Å²) in [4.78, 5) is 39.9. The van der Waals surface area contributed by atoms with Crippen molar-refractivity contribution in [2.24, 2.45) is 0 Å². The number of phosphoric acid groups is 1. The minimum Gasteiger partial charge on any atom is -0.756 e. The second-order valence-electron chi connectivity index (χ2n) is 21.5. The third-order valence-electron chi connectivity index (χ3n) is 13.0. The normalized spacial score (nSPS) is 14.4. The number of rotatable bonds is 54. The van der Waals surface area contributed by atoms with Crippen molar-refractivity contribution < 1.29 is 37.3 Å². The number of quaternary nitrogens is 1. The first-order valence-corrected chi connectivity index (χ1v) is 32.0. The highest BCUT2D eigenvalue weighted by atomic mass is 31.2. The van der Waals surface area contributed by atoms with Crippen LogP contribution in [-0.4, -0.2) is 69.4 Å². The van der Waals surface area contributed by atoms with Gasteiger partial charge in [-0.05, 0) is 96.0 Å². The monoisotopic (exact) mass is 1070 g/mol. The van der Waals surface area contributed by atoms with Crippen LogP contribution in [0.3, 0.4) is 0 Å². The van der Waals surface area contributed by atoms with Crippen LogP contribution in [0, 0.1) is 0 Å². The molecule has 9 nitrogen and oxygen atoms in total. The van der Waals surface area contributed by atoms with E-state index in [0.29, 0.717) is 23.9 Å². The molecule has 0 aromatic heterocycles. The summed E-state index contributed by atoms with van der Waals surface area (Å²) in [5.41, 5.74) is 0. The fourth-order valence-electron chi connectivity index (χ4n) is 8.30. The van der Waals surface area contributed by atoms with Gasteiger partial charge in [0.2, 0.25) is 5.91 Å². The van der Waals surface area contributed by atoms with Crippen molar-refractivity contribution in [2.45, 2.75) is 264 Å². The van der Waals surface area contributed by atoms with Crippen molar-refractivity contribution in [2.75, 3.05) is 40.9 Å². The Hall–Kier alpha value is -3.07. The van der Waals surface area contributed by atoms with E-state index in [0.717, 1.165) is 83.5 Å². The Morgan fingerprint density at radius 3 is 1.31 bits per heavy atom. The van der Waals surface area contributed by atoms with Crippen molar-refractivity contribution in [1.29, 1.82) is 0 Å². The lowest BCUT2D eigenvalue weighted by Crippen LogP contribution is -2.47. The number of unbranched alkanes of at least 4 members (excludes halogenated alkanes) is 24. The van der Waals surface area contributed by atoms with Crippen LogP contribution in [0.25, 0.3) is 0 Å². The molecule has 75 heavy (non-hydrogen) atoms. The zero-order chi connectivity index (χ0) is 55.0. The number of carbonyl (C=O) groups is 2. The summed E-state index contributed by atoms with van der Waals surface area (Å²) in [6.07, 6.45) is 72.4. The number of esters is 1. The van der Waals surface area contributed by atoms with E-state index in [9.17, 15) is 19.0 Å². The van der Waals surface area contributed by atoms with E-state index in [1.807, 2.05) is 45.4 Å². The van der Waals surface area contributed by atoms with Gasteiger partial charge >= 0.3 is 5.97 Å². The lowest BCUT2D eigenvalue weighted by Gasteiger charge is -2.30. The van der Waals surface area contributed by atoms with E-state index in [1.54, 1.807) is 0 Å². The number of allylic oxidation sites excluding steroid dienone is 15. The van der Waals surface area contributed by atoms with E-state index >= 15 is 0 Å². The van der Waals surface area contributed by atoms with Gasteiger partial charge in [-0.2, -0.15) is 0 Å². The summed E-state index contributed by atoms with van der Waals surface area (Å²) >= 11 is 0. The lowest BCUT2D eigenvalue weighted by atomic mass is 10.0. The van der Waals surface area contributed by atoms with Crippen LogP contribution in [0.1, 0.15) is 252 Å². The highest BCUT2D eigenvalue weighted by Crippen LogP contribution is 2.38. The quantitative estimate of drug-likeness (QED) is 0.0212. The Kier molecular flexibility index (Phi) is 52.1. The van der Waals surface area contributed by atoms with Crippen LogP contribution < -0.4 is 10.2 Å². The van der Waals surface area contributed by atoms with Gasteiger partial charge in [-0.15, -0.1) is 0 Å². The number of nitrogens with zero attached hydrogens (tertiary/aromatic N) is 1. The molecular weight excluding hydrogens is 952 g/mol. The van der Waals surface area contributed by atoms with E-state index in [4.69, 9.17) is 13.8 Å². The number of nitrogens with one attached hydrogen (secondary N) is 1. The Bertz CT molecular complexity index is 1610. The number of likely N-dealkylation sites (N-methyl/N-ethyl adjacent to an activating group) is 1. The summed E-state index contributed by atoms with van der Waals surface area (Å²) in [6.45, 7) is 6.66. The first-order valence-electron chi connectivity index (χ1n) is 30.5. The van der Waals surface area contributed by atoms with Gasteiger partial charge in [0.1, 0.15) is 19.3 Å². The second-order valence-corrected chi connectivity index (χ2v) is 22.9. The predicted octanol–water partition coefficient (Wildman–Crippen LogP) is 18.1. The van der Waals surface area contributed by atoms with E-state index in [-0.39, 0.29) is 31.3 Å². The van der Waals surface area contributed by atoms with Crippen LogP contribution in [-0.2, 0) is 27.9 Å². The molecule has 0 saturated heterocycles. The Morgan fingerprint density at radius 2 is 0.867 bits per heavy atom. The number of hydrogen-bond donors (Lipinski definition) is 1. The molecule has 0 aromatic rings. The average molecular weight is 1070 g/mol. The maximum Gasteiger partial charge on any atom is 0.306 e. The van der Waals surface area contributed by atoms with Crippen LogP contribution in [0.4, 0.5) is 0 Å². The Labute approximate surface area is 462 Å². The molecule has 432 valence electrons. The highest BCUT2D eigenvalue weighted by Gasteiger charge is 2.27. The summed E-state index contributed by atoms with van der Waals surface area (Å²) in [6, 6.07) is -0.935. The molecule has 0 saturated carbocycles. The first kappa shape index (κ1) is 71.9. The Morgan fingerprint density at radius 1 is 0.480 bits per heavy atom. The molecule has 0 rings (SSSR count). The molecule has 3 atom stereocenters. The molecule has 0 heterocycles. The fourth-order valence-corrected chi connectivity index (χ4v) is 9.03. The molecule has 1 amide bonds. The molecule has 0 fully saturated rings. The van der Waals surface area contributed by atoms with Crippen molar-refractivity contribution in [3.8, 4) is 0 Å². The molecule has 0 aliphatic carbocycles. The van der Waals surface area contributed by atoms with Gasteiger partial charge in [-0.3, -0.25) is 14.2 Å². The topological polar surface area (TPSA) is 114 Å². The van der Waals surface area contributed by atoms with Crippen molar-refractivity contribution in [1.82, 2.24) is 5.32 Å². The summed E-state index contributed by atoms with van der Waals surface area (Å²) in [7, 11) is 1.13. The number of phosphoric ester groups is 1. The van der Waals surface area contributed by atoms with Crippen molar-refractivity contribution in [3.63, 3.8) is 0 Å². The molecule has 3 unspecified atom stereocenters. The largest absolute Gasteiger partial charge is 0.756 e. The Balaban J connectivity index is 5.44. The maximum atomic E-state index is 13.5. The molecule has 0 bridgehead atoms. The SMILES string of the molecule is CC/C=C\C/C=C\C/C=C\C/C=C\C/C=C\C/C=C\CCC(=O)NC(COP(=O)([O-])OCC[N+](C)(C)C)C(/C=C/CCCCCCCCCCCCC)OC(=O)CCCCCCCCC/C=C/CCCCCCCC. The van der Waals surface area contributed by atoms with Gasteiger partial charge in [0.25, 0.3) is 7.82 Å². The van der Waals surface area contributed by atoms with Crippen LogP contribution in [0.15, 0.2) is 97.2 Å². The zero-order valence-electron chi connectivity index (χ0n) is 49.2. The number of ether oxygens (including phenoxy) is 1. The summed E-state index contributed by atoms with van der Waals surface area (Å²) in [5, 5.41) is 2.98. The summed E-state index contributed by atoms with van der Waals surface area (Å²) < 4.78 is 30.2. The van der Waals surface area contributed by atoms with Gasteiger partial charge in [-0.1, -0.05) is 240 Å². The van der Waals surface area contributed by atoms with Crippen molar-refractivity contribution in [3.05, 3.63) is 97.2 Å². The molecular formula is C65H115N2O7P. The molecule has 0 spiro atoms. The van der Waals surface area contributed by atoms with Gasteiger partial charge in [0.05, 0.1) is 33.8 Å². The van der Waals surface area contributed by atoms with Crippen LogP contribution in [0.5, 0.6) is 0 Å². The van der Waals surface area contributed by atoms with E-state index in [2.05, 4.69) is 99.0 Å². The minimum atomic E-state index is -4.72. The van der Waals surface area contributed by atoms with Crippen LogP contribution >= 0.6 is 7.82 Å². The molecule has 0 aromatic carbocycles. The van der Waals surface area contributed by atoms with Gasteiger partial charge < -0.3 is 28.5 Å². The fraction of sp³-hybridized carbons (Fsp3) is 0.723. The molecule has 10 heteroatoms. The molecule has 1 N–H and O–H groups in total. The van der Waals surface area contributed by atoms with Crippen molar-refractivity contribution >= 4 is 19.7 Å². The highest BCUT2D eigenvalue weighted by molar-refractivity contribution is 7.45. The van der Waals surface area contributed by atoms with E-state index in [1.165, 1.54) is 122 Å². The molecule has 0 radical (unpaired) electrons. The van der Waals surface area contributed by atoms with Gasteiger partial charge in [0, 0.05) is 12.8 Å². The number of hydrogen-bond acceptors (Lipinski definition) is 7. The third-order valence-corrected chi connectivity index (χ3v) is 14.0. The smallest absolute Gasteiger partial charge is 0.306 e. The first-order chi connectivity index (χ1) is 36.4. The zero-order valence-corrected chi connectivity index (χ0v) is 50.1. The van der Waals surface area contributed by atoms with Crippen LogP contribution in [0.2, 0.25) is 0 Å². The number of carbonyl (C=O) groups excluding carboxylic acids is 2. The average Bonchev–Trinajstić information content (AvgIpc) is 3.37. The predicted molar refractivity (Wildman–Crippen MR) is 321 cm³/mol. The number of amides is 1. The van der Waals surface area contributed by atoms with Gasteiger partial charge in [0.15, 0.2) is 0 Å². The maximum absolute atomic E-state index is 13.5. The van der Waals surface area contributed by atoms with E-state index < -0.39 is 26.6 Å². The lowest BCUT2D eigenvalue weighted by molar-refractivity contribution is -0.870. The second kappa shape index (κ2) is 54.3. The van der Waals surface area contributed by atoms with Gasteiger partial charge in [-0.25, -0.2) is 0 Å². The molecule has 0 aliphatic heterocycles. The minimum absolute atomic E-state index is 0.0404. The third kappa shape index (κ3) is 55.5. The standard InChI is InChI=1S/C65H115N2O7P/c1-7-10-13-16-19-22-25-28-30-32-33-35-36-39-42-45-48-51-54-57-64(68)66-62(61-73-75(70,71)72-60-59-67(4,5)6)63(56-53-50-47-44-41-38-27-24-21-18-15-12-9-3)74-65(69)58-55-52-49-46-43-40-37-34-31-29-26-23-20-17-14-11-8-2/h10,13,19,22,28-31,33,35,39,42,48,51,53,56,62-63H,7-9,11-12,14-18,20-21,23-27,32,34,36-38,40-41,43-47,49-50,52,54-55,57-61H2,1-6H3,(H-,66,68,70,71)/b13-10-,22-19-,30-28-,31-29+,35-33-,42-39-,51-48-,56-53+.